The van der Waals surface area contributed by atoms with Gasteiger partial charge < -0.3 is 0 Å². The molecule has 166 valence electrons. The summed E-state index contributed by atoms with van der Waals surface area (Å²) >= 11 is 0. The van der Waals surface area contributed by atoms with Crippen LogP contribution in [0.25, 0.3) is 0 Å². The van der Waals surface area contributed by atoms with Crippen LogP contribution < -0.4 is 4.90 Å². The largest absolute Gasteiger partial charge is 0.416 e. The number of hydrogen-bond donors (Lipinski definition) is 0. The summed E-state index contributed by atoms with van der Waals surface area (Å²) in [5, 5.41) is 0. The van der Waals surface area contributed by atoms with Gasteiger partial charge in [0.2, 0.25) is 11.8 Å². The molecule has 0 N–H and O–H groups in total. The minimum atomic E-state index is -4.57. The summed E-state index contributed by atoms with van der Waals surface area (Å²) in [4.78, 5) is 28.8. The molecule has 33 heavy (non-hydrogen) atoms. The van der Waals surface area contributed by atoms with Gasteiger partial charge in [-0.05, 0) is 40.5 Å². The van der Waals surface area contributed by atoms with Gasteiger partial charge in [-0.3, -0.25) is 9.59 Å². The molecule has 0 saturated carbocycles. The Balaban J connectivity index is 1.60. The maximum atomic E-state index is 13.9. The van der Waals surface area contributed by atoms with Crippen molar-refractivity contribution in [3.8, 4) is 0 Å². The van der Waals surface area contributed by atoms with Crippen LogP contribution in [0.15, 0.2) is 72.8 Å². The molecule has 3 aliphatic carbocycles. The van der Waals surface area contributed by atoms with Crippen LogP contribution in [0.3, 0.4) is 0 Å². The molecule has 1 saturated heterocycles. The summed E-state index contributed by atoms with van der Waals surface area (Å²) in [6.07, 6.45) is -4.57. The van der Waals surface area contributed by atoms with E-state index in [1.54, 1.807) is 0 Å². The summed E-state index contributed by atoms with van der Waals surface area (Å²) < 4.78 is 40.1. The molecule has 0 unspecified atom stereocenters. The van der Waals surface area contributed by atoms with Gasteiger partial charge in [-0.2, -0.15) is 13.2 Å². The molecule has 0 aromatic heterocycles. The number of imide groups is 1. The Bertz CT molecular complexity index is 1240. The lowest BCUT2D eigenvalue weighted by Gasteiger charge is -2.57. The number of rotatable bonds is 1. The zero-order valence-electron chi connectivity index (χ0n) is 18.0. The number of nitrogens with zero attached hydrogens (tertiary/aromatic N) is 1. The first-order valence-electron chi connectivity index (χ1n) is 10.9. The second kappa shape index (κ2) is 6.13. The maximum absolute atomic E-state index is 13.9. The fourth-order valence-electron chi connectivity index (χ4n) is 6.65. The number of benzene rings is 3. The normalized spacial score (nSPS) is 29.7. The lowest BCUT2D eigenvalue weighted by molar-refractivity contribution is -0.137. The molecule has 3 aromatic rings. The van der Waals surface area contributed by atoms with E-state index in [1.807, 2.05) is 62.4 Å². The highest BCUT2D eigenvalue weighted by Crippen LogP contribution is 2.66. The zero-order valence-corrected chi connectivity index (χ0v) is 18.0. The molecule has 0 spiro atoms. The van der Waals surface area contributed by atoms with Crippen LogP contribution in [0.1, 0.15) is 41.7 Å². The Morgan fingerprint density at radius 2 is 1.12 bits per heavy atom. The first-order valence-corrected chi connectivity index (χ1v) is 10.9. The van der Waals surface area contributed by atoms with Crippen molar-refractivity contribution >= 4 is 17.5 Å². The van der Waals surface area contributed by atoms with E-state index in [9.17, 15) is 22.8 Å². The Morgan fingerprint density at radius 3 is 1.52 bits per heavy atom. The van der Waals surface area contributed by atoms with Crippen molar-refractivity contribution in [2.45, 2.75) is 30.9 Å². The second-order valence-corrected chi connectivity index (χ2v) is 9.51. The van der Waals surface area contributed by atoms with Crippen molar-refractivity contribution in [2.75, 3.05) is 4.90 Å². The van der Waals surface area contributed by atoms with E-state index in [0.29, 0.717) is 0 Å². The van der Waals surface area contributed by atoms with Gasteiger partial charge in [-0.1, -0.05) is 68.4 Å². The highest BCUT2D eigenvalue weighted by Gasteiger charge is 2.70. The second-order valence-electron chi connectivity index (χ2n) is 9.51. The molecule has 1 fully saturated rings. The van der Waals surface area contributed by atoms with Gasteiger partial charge in [-0.15, -0.1) is 0 Å². The number of anilines is 1. The molecule has 7 rings (SSSR count). The van der Waals surface area contributed by atoms with Gasteiger partial charge in [0.15, 0.2) is 0 Å². The van der Waals surface area contributed by atoms with Crippen LogP contribution in [0.4, 0.5) is 18.9 Å². The van der Waals surface area contributed by atoms with Crippen LogP contribution in [0.2, 0.25) is 0 Å². The van der Waals surface area contributed by atoms with Gasteiger partial charge in [0.1, 0.15) is 0 Å². The van der Waals surface area contributed by atoms with Gasteiger partial charge in [0, 0.05) is 10.8 Å². The van der Waals surface area contributed by atoms with Gasteiger partial charge in [0.05, 0.1) is 23.1 Å². The number of hydrogen-bond acceptors (Lipinski definition) is 2. The Morgan fingerprint density at radius 1 is 0.697 bits per heavy atom. The van der Waals surface area contributed by atoms with E-state index >= 15 is 0 Å². The van der Waals surface area contributed by atoms with Crippen molar-refractivity contribution in [3.63, 3.8) is 0 Å². The first kappa shape index (κ1) is 20.2. The average molecular weight is 447 g/mol. The molecule has 4 aliphatic rings. The van der Waals surface area contributed by atoms with Crippen molar-refractivity contribution in [3.05, 3.63) is 101 Å². The van der Waals surface area contributed by atoms with E-state index in [4.69, 9.17) is 0 Å². The summed E-state index contributed by atoms with van der Waals surface area (Å²) in [6.45, 7) is 3.98. The fourth-order valence-corrected chi connectivity index (χ4v) is 6.65. The van der Waals surface area contributed by atoms with Crippen molar-refractivity contribution in [1.82, 2.24) is 0 Å². The molecule has 1 heterocycles. The number of amides is 2. The quantitative estimate of drug-likeness (QED) is 0.465. The van der Waals surface area contributed by atoms with Gasteiger partial charge >= 0.3 is 6.18 Å². The molecule has 6 heteroatoms. The summed E-state index contributed by atoms with van der Waals surface area (Å²) in [5.74, 6) is -2.28. The highest BCUT2D eigenvalue weighted by atomic mass is 19.4. The van der Waals surface area contributed by atoms with Gasteiger partial charge in [-0.25, -0.2) is 4.90 Å². The van der Waals surface area contributed by atoms with Gasteiger partial charge in [0.25, 0.3) is 0 Å². The molecule has 3 aromatic carbocycles. The smallest absolute Gasteiger partial charge is 0.274 e. The summed E-state index contributed by atoms with van der Waals surface area (Å²) in [7, 11) is 0. The number of alkyl halides is 3. The zero-order chi connectivity index (χ0) is 23.3. The third-order valence-corrected chi connectivity index (χ3v) is 8.07. The molecule has 2 atom stereocenters. The molecular formula is C27H20F3NO2. The predicted octanol–water partition coefficient (Wildman–Crippen LogP) is 5.45. The van der Waals surface area contributed by atoms with E-state index < -0.39 is 46.2 Å². The highest BCUT2D eigenvalue weighted by molar-refractivity contribution is 6.24. The summed E-state index contributed by atoms with van der Waals surface area (Å²) in [5.41, 5.74) is 1.55. The van der Waals surface area contributed by atoms with Crippen molar-refractivity contribution in [1.29, 1.82) is 0 Å². The third kappa shape index (κ3) is 2.26. The fraction of sp³-hybridized carbons (Fsp3) is 0.259. The molecule has 3 nitrogen and oxygen atoms in total. The standard InChI is InChI=1S/C27H20F3NO2/c1-25-17-10-3-5-12-19(17)26(2,20-13-6-4-11-18(20)25)22-21(25)23(32)31(24(22)33)16-9-7-8-15(14-16)27(28,29)30/h3-14,21-22H,1-2H3/t21-,22-,25?,26?/m1/s1. The van der Waals surface area contributed by atoms with Crippen LogP contribution in [0, 0.1) is 11.8 Å². The van der Waals surface area contributed by atoms with E-state index in [0.717, 1.165) is 39.3 Å². The Kier molecular flexibility index (Phi) is 3.75. The third-order valence-electron chi connectivity index (χ3n) is 8.07. The average Bonchev–Trinajstić information content (AvgIpc) is 3.08. The lowest BCUT2D eigenvalue weighted by Crippen LogP contribution is -2.59. The number of halogens is 3. The number of carbonyl (C=O) groups excluding carboxylic acids is 2. The minimum absolute atomic E-state index is 0.0334. The molecule has 2 amide bonds. The Labute approximate surface area is 188 Å². The van der Waals surface area contributed by atoms with E-state index in [-0.39, 0.29) is 5.69 Å². The lowest BCUT2D eigenvalue weighted by atomic mass is 9.42. The van der Waals surface area contributed by atoms with Crippen LogP contribution in [0.5, 0.6) is 0 Å². The van der Waals surface area contributed by atoms with Crippen molar-refractivity contribution < 1.29 is 22.8 Å². The van der Waals surface area contributed by atoms with Crippen LogP contribution >= 0.6 is 0 Å². The molecular weight excluding hydrogens is 427 g/mol. The SMILES string of the molecule is CC12c3ccccc3C(C)(c3ccccc31)[C@H]1C(=O)N(c3cccc(C(F)(F)F)c3)C(=O)[C@@H]12. The topological polar surface area (TPSA) is 37.4 Å². The van der Waals surface area contributed by atoms with E-state index in [2.05, 4.69) is 0 Å². The van der Waals surface area contributed by atoms with Crippen molar-refractivity contribution in [2.24, 2.45) is 11.8 Å². The minimum Gasteiger partial charge on any atom is -0.274 e. The van der Waals surface area contributed by atoms with Crippen LogP contribution in [-0.4, -0.2) is 11.8 Å². The first-order chi connectivity index (χ1) is 15.6. The van der Waals surface area contributed by atoms with Crippen LogP contribution in [-0.2, 0) is 26.6 Å². The van der Waals surface area contributed by atoms with E-state index in [1.165, 1.54) is 12.1 Å². The maximum Gasteiger partial charge on any atom is 0.416 e. The molecule has 1 aliphatic heterocycles. The molecule has 0 radical (unpaired) electrons. The summed E-state index contributed by atoms with van der Waals surface area (Å²) in [6, 6.07) is 20.2. The monoisotopic (exact) mass is 447 g/mol. The Hall–Kier alpha value is -3.41. The predicted molar refractivity (Wildman–Crippen MR) is 117 cm³/mol. The molecule has 2 bridgehead atoms. The number of carbonyl (C=O) groups is 2.